The quantitative estimate of drug-likeness (QED) is 0.866. The van der Waals surface area contributed by atoms with Crippen molar-refractivity contribution in [3.05, 3.63) is 46.9 Å². The number of hydrogen-bond acceptors (Lipinski definition) is 2. The predicted molar refractivity (Wildman–Crippen MR) is 67.3 cm³/mol. The molecule has 4 nitrogen and oxygen atoms in total. The summed E-state index contributed by atoms with van der Waals surface area (Å²) < 4.78 is 53.0. The molecule has 0 atom stereocenters. The molecule has 0 bridgehead atoms. The van der Waals surface area contributed by atoms with Gasteiger partial charge in [0.1, 0.15) is 11.6 Å². The van der Waals surface area contributed by atoms with Gasteiger partial charge in [-0.1, -0.05) is 6.07 Å². The second-order valence-corrected chi connectivity index (χ2v) is 4.41. The van der Waals surface area contributed by atoms with Crippen molar-refractivity contribution in [3.8, 4) is 0 Å². The topological polar surface area (TPSA) is 46.9 Å². The van der Waals surface area contributed by atoms with Gasteiger partial charge in [-0.25, -0.2) is 4.39 Å². The standard InChI is InChI=1S/C13H11F4N3O/c1-7-6-10(20(2)19-7)18-12(21)8-4-3-5-9(11(8)14)13(15,16)17/h3-6H,1-2H3,(H,18,21). The number of rotatable bonds is 2. The van der Waals surface area contributed by atoms with Crippen molar-refractivity contribution >= 4 is 11.7 Å². The highest BCUT2D eigenvalue weighted by atomic mass is 19.4. The van der Waals surface area contributed by atoms with Crippen LogP contribution in [0.4, 0.5) is 23.4 Å². The second-order valence-electron chi connectivity index (χ2n) is 4.41. The van der Waals surface area contributed by atoms with E-state index in [0.717, 1.165) is 12.1 Å². The molecule has 1 aromatic heterocycles. The summed E-state index contributed by atoms with van der Waals surface area (Å²) >= 11 is 0. The number of anilines is 1. The lowest BCUT2D eigenvalue weighted by Gasteiger charge is -2.11. The fourth-order valence-corrected chi connectivity index (χ4v) is 1.84. The highest BCUT2D eigenvalue weighted by Gasteiger charge is 2.35. The van der Waals surface area contributed by atoms with Crippen LogP contribution in [-0.4, -0.2) is 15.7 Å². The van der Waals surface area contributed by atoms with Crippen LogP contribution in [0.1, 0.15) is 21.6 Å². The molecule has 0 saturated carbocycles. The molecule has 1 aromatic carbocycles. The van der Waals surface area contributed by atoms with Gasteiger partial charge in [-0.3, -0.25) is 9.48 Å². The minimum Gasteiger partial charge on any atom is -0.307 e. The Hall–Kier alpha value is -2.38. The molecule has 1 N–H and O–H groups in total. The summed E-state index contributed by atoms with van der Waals surface area (Å²) in [5.74, 6) is -2.31. The molecule has 0 radical (unpaired) electrons. The zero-order valence-corrected chi connectivity index (χ0v) is 11.1. The molecular formula is C13H11F4N3O. The van der Waals surface area contributed by atoms with Gasteiger partial charge in [-0.05, 0) is 19.1 Å². The number of carbonyl (C=O) groups is 1. The maximum absolute atomic E-state index is 13.8. The van der Waals surface area contributed by atoms with E-state index in [1.165, 1.54) is 10.7 Å². The predicted octanol–water partition coefficient (Wildman–Crippen LogP) is 3.14. The lowest BCUT2D eigenvalue weighted by molar-refractivity contribution is -0.140. The third-order valence-electron chi connectivity index (χ3n) is 2.79. The summed E-state index contributed by atoms with van der Waals surface area (Å²) in [6, 6.07) is 4.07. The normalized spacial score (nSPS) is 11.5. The Kier molecular flexibility index (Phi) is 3.71. The van der Waals surface area contributed by atoms with Crippen LogP contribution in [0.2, 0.25) is 0 Å². The molecule has 1 heterocycles. The van der Waals surface area contributed by atoms with Crippen LogP contribution in [0.25, 0.3) is 0 Å². The second kappa shape index (κ2) is 5.19. The SMILES string of the molecule is Cc1cc(NC(=O)c2cccc(C(F)(F)F)c2F)n(C)n1. The van der Waals surface area contributed by atoms with Gasteiger partial charge >= 0.3 is 6.18 Å². The van der Waals surface area contributed by atoms with Gasteiger partial charge in [0.05, 0.1) is 16.8 Å². The first-order chi connectivity index (χ1) is 9.70. The lowest BCUT2D eigenvalue weighted by Crippen LogP contribution is -2.18. The zero-order valence-electron chi connectivity index (χ0n) is 11.1. The molecule has 8 heteroatoms. The average Bonchev–Trinajstić information content (AvgIpc) is 2.66. The lowest BCUT2D eigenvalue weighted by atomic mass is 10.1. The highest BCUT2D eigenvalue weighted by Crippen LogP contribution is 2.32. The number of alkyl halides is 3. The molecule has 0 spiro atoms. The number of halogens is 4. The average molecular weight is 301 g/mol. The van der Waals surface area contributed by atoms with E-state index in [4.69, 9.17) is 0 Å². The number of hydrogen-bond donors (Lipinski definition) is 1. The van der Waals surface area contributed by atoms with Crippen LogP contribution < -0.4 is 5.32 Å². The van der Waals surface area contributed by atoms with Gasteiger partial charge < -0.3 is 5.32 Å². The van der Waals surface area contributed by atoms with E-state index < -0.39 is 29.0 Å². The van der Waals surface area contributed by atoms with Gasteiger partial charge in [0, 0.05) is 13.1 Å². The van der Waals surface area contributed by atoms with Crippen molar-refractivity contribution in [2.45, 2.75) is 13.1 Å². The van der Waals surface area contributed by atoms with E-state index in [2.05, 4.69) is 10.4 Å². The van der Waals surface area contributed by atoms with Crippen LogP contribution in [0.3, 0.4) is 0 Å². The van der Waals surface area contributed by atoms with Crippen LogP contribution in [0, 0.1) is 12.7 Å². The Labute approximate surface area is 117 Å². The molecule has 21 heavy (non-hydrogen) atoms. The highest BCUT2D eigenvalue weighted by molar-refractivity contribution is 6.04. The molecule has 0 aliphatic rings. The molecule has 2 rings (SSSR count). The molecule has 0 unspecified atom stereocenters. The van der Waals surface area contributed by atoms with Crippen LogP contribution >= 0.6 is 0 Å². The molecule has 1 amide bonds. The molecule has 2 aromatic rings. The Bertz CT molecular complexity index is 691. The minimum absolute atomic E-state index is 0.259. The van der Waals surface area contributed by atoms with Crippen molar-refractivity contribution in [2.75, 3.05) is 5.32 Å². The van der Waals surface area contributed by atoms with Crippen molar-refractivity contribution in [2.24, 2.45) is 7.05 Å². The monoisotopic (exact) mass is 301 g/mol. The maximum Gasteiger partial charge on any atom is 0.419 e. The van der Waals surface area contributed by atoms with Gasteiger partial charge in [-0.2, -0.15) is 18.3 Å². The zero-order chi connectivity index (χ0) is 15.8. The van der Waals surface area contributed by atoms with Crippen molar-refractivity contribution in [1.29, 1.82) is 0 Å². The number of aromatic nitrogens is 2. The van der Waals surface area contributed by atoms with E-state index in [1.54, 1.807) is 14.0 Å². The van der Waals surface area contributed by atoms with E-state index >= 15 is 0 Å². The third kappa shape index (κ3) is 3.04. The molecule has 0 aliphatic heterocycles. The minimum atomic E-state index is -4.86. The molecular weight excluding hydrogens is 290 g/mol. The largest absolute Gasteiger partial charge is 0.419 e. The number of carbonyl (C=O) groups excluding carboxylic acids is 1. The Morgan fingerprint density at radius 3 is 2.52 bits per heavy atom. The molecule has 0 saturated heterocycles. The van der Waals surface area contributed by atoms with Crippen molar-refractivity contribution < 1.29 is 22.4 Å². The number of nitrogens with one attached hydrogen (secondary N) is 1. The van der Waals surface area contributed by atoms with E-state index in [0.29, 0.717) is 11.8 Å². The van der Waals surface area contributed by atoms with Gasteiger partial charge in [0.2, 0.25) is 0 Å². The van der Waals surface area contributed by atoms with Crippen LogP contribution in [0.5, 0.6) is 0 Å². The van der Waals surface area contributed by atoms with Crippen LogP contribution in [-0.2, 0) is 13.2 Å². The Morgan fingerprint density at radius 1 is 1.33 bits per heavy atom. The van der Waals surface area contributed by atoms with Crippen molar-refractivity contribution in [3.63, 3.8) is 0 Å². The van der Waals surface area contributed by atoms with E-state index in [-0.39, 0.29) is 5.82 Å². The summed E-state index contributed by atoms with van der Waals surface area (Å²) in [7, 11) is 1.55. The number of amides is 1. The maximum atomic E-state index is 13.8. The summed E-state index contributed by atoms with van der Waals surface area (Å²) in [5, 5.41) is 6.29. The Balaban J connectivity index is 2.34. The summed E-state index contributed by atoms with van der Waals surface area (Å²) in [6.45, 7) is 1.68. The fourth-order valence-electron chi connectivity index (χ4n) is 1.84. The number of benzene rings is 1. The van der Waals surface area contributed by atoms with Gasteiger partial charge in [-0.15, -0.1) is 0 Å². The van der Waals surface area contributed by atoms with E-state index in [9.17, 15) is 22.4 Å². The fraction of sp³-hybridized carbons (Fsp3) is 0.231. The first-order valence-corrected chi connectivity index (χ1v) is 5.88. The van der Waals surface area contributed by atoms with Crippen molar-refractivity contribution in [1.82, 2.24) is 9.78 Å². The number of aryl methyl sites for hydroxylation is 2. The molecule has 112 valence electrons. The first-order valence-electron chi connectivity index (χ1n) is 5.88. The Morgan fingerprint density at radius 2 is 2.00 bits per heavy atom. The smallest absolute Gasteiger partial charge is 0.307 e. The number of nitrogens with zero attached hydrogens (tertiary/aromatic N) is 2. The third-order valence-corrected chi connectivity index (χ3v) is 2.79. The van der Waals surface area contributed by atoms with Gasteiger partial charge in [0.15, 0.2) is 0 Å². The first kappa shape index (κ1) is 15.0. The van der Waals surface area contributed by atoms with Crippen LogP contribution in [0.15, 0.2) is 24.3 Å². The summed E-state index contributed by atoms with van der Waals surface area (Å²) in [5.41, 5.74) is -1.54. The summed E-state index contributed by atoms with van der Waals surface area (Å²) in [6.07, 6.45) is -4.86. The summed E-state index contributed by atoms with van der Waals surface area (Å²) in [4.78, 5) is 11.9. The van der Waals surface area contributed by atoms with E-state index in [1.807, 2.05) is 0 Å². The van der Waals surface area contributed by atoms with Gasteiger partial charge in [0.25, 0.3) is 5.91 Å². The molecule has 0 fully saturated rings. The molecule has 0 aliphatic carbocycles.